The molecule has 1 aliphatic rings. The van der Waals surface area contributed by atoms with E-state index in [9.17, 15) is 4.39 Å². The number of halogens is 2. The first-order chi connectivity index (χ1) is 8.63. The molecule has 0 spiro atoms. The summed E-state index contributed by atoms with van der Waals surface area (Å²) in [7, 11) is 0. The van der Waals surface area contributed by atoms with Crippen molar-refractivity contribution in [1.82, 2.24) is 4.90 Å². The Kier molecular flexibility index (Phi) is 5.06. The minimum absolute atomic E-state index is 0.114. The number of nitrogens with two attached hydrogens (primary N) is 1. The first-order valence-corrected chi connectivity index (χ1v) is 8.06. The molecule has 0 saturated carbocycles. The fraction of sp³-hybridized carbons (Fsp3) is 0.538. The van der Waals surface area contributed by atoms with Crippen LogP contribution in [0.15, 0.2) is 22.7 Å². The summed E-state index contributed by atoms with van der Waals surface area (Å²) in [4.78, 5) is 2.39. The lowest BCUT2D eigenvalue weighted by molar-refractivity contribution is 0.165. The lowest BCUT2D eigenvalue weighted by Crippen LogP contribution is -2.45. The van der Waals surface area contributed by atoms with Crippen LogP contribution in [0, 0.1) is 5.82 Å². The molecule has 1 aromatic rings. The van der Waals surface area contributed by atoms with Crippen molar-refractivity contribution in [1.29, 1.82) is 0 Å². The van der Waals surface area contributed by atoms with Gasteiger partial charge in [0.05, 0.1) is 4.47 Å². The van der Waals surface area contributed by atoms with E-state index >= 15 is 0 Å². The smallest absolute Gasteiger partial charge is 0.137 e. The highest BCUT2D eigenvalue weighted by Crippen LogP contribution is 2.29. The third-order valence-corrected chi connectivity index (χ3v) is 5.20. The van der Waals surface area contributed by atoms with Gasteiger partial charge >= 0.3 is 0 Å². The van der Waals surface area contributed by atoms with Gasteiger partial charge in [-0.2, -0.15) is 11.8 Å². The zero-order valence-electron chi connectivity index (χ0n) is 10.4. The van der Waals surface area contributed by atoms with Crippen molar-refractivity contribution in [3.05, 3.63) is 34.1 Å². The van der Waals surface area contributed by atoms with Crippen molar-refractivity contribution < 1.29 is 4.39 Å². The molecular formula is C13H18BrFN2S. The van der Waals surface area contributed by atoms with Gasteiger partial charge in [-0.3, -0.25) is 4.90 Å². The summed E-state index contributed by atoms with van der Waals surface area (Å²) in [6.07, 6.45) is 0. The predicted octanol–water partition coefficient (Wildman–Crippen LogP) is 3.03. The highest BCUT2D eigenvalue weighted by molar-refractivity contribution is 9.10. The number of rotatable bonds is 3. The third kappa shape index (κ3) is 3.07. The molecule has 0 bridgehead atoms. The molecule has 1 heterocycles. The normalized spacial score (nSPS) is 23.0. The monoisotopic (exact) mass is 332 g/mol. The van der Waals surface area contributed by atoms with E-state index in [-0.39, 0.29) is 11.9 Å². The molecule has 100 valence electrons. The third-order valence-electron chi connectivity index (χ3n) is 3.37. The van der Waals surface area contributed by atoms with Gasteiger partial charge in [0.15, 0.2) is 0 Å². The molecule has 2 rings (SSSR count). The van der Waals surface area contributed by atoms with Crippen LogP contribution in [0.2, 0.25) is 0 Å². The maximum Gasteiger partial charge on any atom is 0.137 e. The van der Waals surface area contributed by atoms with Crippen LogP contribution in [-0.2, 0) is 0 Å². The molecule has 0 radical (unpaired) electrons. The molecule has 18 heavy (non-hydrogen) atoms. The van der Waals surface area contributed by atoms with Crippen molar-refractivity contribution in [2.24, 2.45) is 5.73 Å². The summed E-state index contributed by atoms with van der Waals surface area (Å²) in [6.45, 7) is 3.76. The second kappa shape index (κ2) is 6.37. The number of thioether (sulfide) groups is 1. The Morgan fingerprint density at radius 2 is 2.39 bits per heavy atom. The molecule has 2 atom stereocenters. The van der Waals surface area contributed by atoms with Crippen molar-refractivity contribution >= 4 is 27.7 Å². The Balaban J connectivity index is 2.23. The molecule has 0 aliphatic carbocycles. The summed E-state index contributed by atoms with van der Waals surface area (Å²) < 4.78 is 14.1. The fourth-order valence-electron chi connectivity index (χ4n) is 2.39. The predicted molar refractivity (Wildman–Crippen MR) is 79.4 cm³/mol. The van der Waals surface area contributed by atoms with Crippen LogP contribution >= 0.6 is 27.7 Å². The van der Waals surface area contributed by atoms with E-state index < -0.39 is 0 Å². The van der Waals surface area contributed by atoms with E-state index in [0.717, 1.165) is 23.6 Å². The molecular weight excluding hydrogens is 315 g/mol. The molecule has 1 aliphatic heterocycles. The first-order valence-electron chi connectivity index (χ1n) is 6.12. The number of benzene rings is 1. The molecule has 1 aromatic carbocycles. The van der Waals surface area contributed by atoms with Crippen molar-refractivity contribution in [3.8, 4) is 0 Å². The van der Waals surface area contributed by atoms with Gasteiger partial charge in [-0.25, -0.2) is 4.39 Å². The average Bonchev–Trinajstić information content (AvgIpc) is 2.37. The van der Waals surface area contributed by atoms with Crippen molar-refractivity contribution in [2.75, 3.05) is 24.6 Å². The van der Waals surface area contributed by atoms with Crippen LogP contribution in [0.3, 0.4) is 0 Å². The van der Waals surface area contributed by atoms with Crippen LogP contribution in [-0.4, -0.2) is 35.5 Å². The summed E-state index contributed by atoms with van der Waals surface area (Å²) in [5, 5.41) is 0. The summed E-state index contributed by atoms with van der Waals surface area (Å²) in [6, 6.07) is 5.92. The van der Waals surface area contributed by atoms with E-state index in [1.54, 1.807) is 12.1 Å². The number of hydrogen-bond donors (Lipinski definition) is 1. The standard InChI is InChI=1S/C13H18BrFN2S/c1-9-8-18-5-4-17(9)13(7-16)10-2-3-11(14)12(15)6-10/h2-3,6,9,13H,4-5,7-8,16H2,1H3. The molecule has 1 saturated heterocycles. The molecule has 2 unspecified atom stereocenters. The van der Waals surface area contributed by atoms with Crippen LogP contribution in [0.5, 0.6) is 0 Å². The molecule has 2 N–H and O–H groups in total. The highest BCUT2D eigenvalue weighted by atomic mass is 79.9. The van der Waals surface area contributed by atoms with Crippen LogP contribution in [0.1, 0.15) is 18.5 Å². The van der Waals surface area contributed by atoms with Gasteiger partial charge in [0, 0.05) is 36.7 Å². The van der Waals surface area contributed by atoms with Gasteiger partial charge in [-0.05, 0) is 40.5 Å². The SMILES string of the molecule is CC1CSCCN1C(CN)c1ccc(Br)c(F)c1. The summed E-state index contributed by atoms with van der Waals surface area (Å²) in [5.41, 5.74) is 6.87. The molecule has 1 fully saturated rings. The molecule has 5 heteroatoms. The maximum atomic E-state index is 13.6. The first kappa shape index (κ1) is 14.3. The quantitative estimate of drug-likeness (QED) is 0.922. The van der Waals surface area contributed by atoms with E-state index in [1.165, 1.54) is 0 Å². The zero-order valence-corrected chi connectivity index (χ0v) is 12.8. The van der Waals surface area contributed by atoms with Crippen LogP contribution in [0.25, 0.3) is 0 Å². The Morgan fingerprint density at radius 3 is 3.00 bits per heavy atom. The molecule has 0 amide bonds. The number of hydrogen-bond acceptors (Lipinski definition) is 3. The Morgan fingerprint density at radius 1 is 1.61 bits per heavy atom. The Bertz CT molecular complexity index is 416. The summed E-state index contributed by atoms with van der Waals surface area (Å²) >= 11 is 5.16. The van der Waals surface area contributed by atoms with Crippen molar-refractivity contribution in [2.45, 2.75) is 19.0 Å². The minimum Gasteiger partial charge on any atom is -0.329 e. The van der Waals surface area contributed by atoms with E-state index in [2.05, 4.69) is 27.8 Å². The van der Waals surface area contributed by atoms with Crippen LogP contribution < -0.4 is 5.73 Å². The summed E-state index contributed by atoms with van der Waals surface area (Å²) in [5.74, 6) is 2.03. The van der Waals surface area contributed by atoms with Crippen LogP contribution in [0.4, 0.5) is 4.39 Å². The largest absolute Gasteiger partial charge is 0.329 e. The topological polar surface area (TPSA) is 29.3 Å². The maximum absolute atomic E-state index is 13.6. The minimum atomic E-state index is -0.218. The second-order valence-electron chi connectivity index (χ2n) is 4.59. The van der Waals surface area contributed by atoms with Crippen molar-refractivity contribution in [3.63, 3.8) is 0 Å². The molecule has 2 nitrogen and oxygen atoms in total. The fourth-order valence-corrected chi connectivity index (χ4v) is 3.67. The van der Waals surface area contributed by atoms with E-state index in [1.807, 2.05) is 17.8 Å². The number of nitrogens with zero attached hydrogens (tertiary/aromatic N) is 1. The zero-order chi connectivity index (χ0) is 13.1. The lowest BCUT2D eigenvalue weighted by atomic mass is 10.0. The van der Waals surface area contributed by atoms with Gasteiger partial charge in [0.1, 0.15) is 5.82 Å². The van der Waals surface area contributed by atoms with Gasteiger partial charge in [0.2, 0.25) is 0 Å². The van der Waals surface area contributed by atoms with Gasteiger partial charge in [0.25, 0.3) is 0 Å². The van der Waals surface area contributed by atoms with Gasteiger partial charge in [-0.1, -0.05) is 6.07 Å². The molecule has 0 aromatic heterocycles. The Labute approximate surface area is 120 Å². The highest BCUT2D eigenvalue weighted by Gasteiger charge is 2.26. The Hall–Kier alpha value is -0.100. The second-order valence-corrected chi connectivity index (χ2v) is 6.59. The van der Waals surface area contributed by atoms with E-state index in [0.29, 0.717) is 17.1 Å². The van der Waals surface area contributed by atoms with E-state index in [4.69, 9.17) is 5.73 Å². The lowest BCUT2D eigenvalue weighted by Gasteiger charge is -2.39. The van der Waals surface area contributed by atoms with Gasteiger partial charge in [-0.15, -0.1) is 0 Å². The van der Waals surface area contributed by atoms with Gasteiger partial charge < -0.3 is 5.73 Å². The average molecular weight is 333 g/mol.